The molecule has 0 saturated carbocycles. The second-order valence-electron chi connectivity index (χ2n) is 9.09. The van der Waals surface area contributed by atoms with Crippen LogP contribution in [0.1, 0.15) is 21.5 Å². The summed E-state index contributed by atoms with van der Waals surface area (Å²) in [7, 11) is 2.07. The van der Waals surface area contributed by atoms with E-state index in [2.05, 4.69) is 32.4 Å². The Morgan fingerprint density at radius 1 is 0.857 bits per heavy atom. The second kappa shape index (κ2) is 9.31. The first kappa shape index (κ1) is 22.7. The number of amides is 1. The number of aryl methyl sites for hydroxylation is 2. The number of fused-ring (bicyclic) bond motifs is 1. The van der Waals surface area contributed by atoms with Crippen LogP contribution < -0.4 is 5.32 Å². The van der Waals surface area contributed by atoms with Gasteiger partial charge in [0.15, 0.2) is 0 Å². The number of carbonyl (C=O) groups is 1. The van der Waals surface area contributed by atoms with Crippen LogP contribution in [0.15, 0.2) is 54.6 Å². The zero-order valence-electron chi connectivity index (χ0n) is 20.1. The third kappa shape index (κ3) is 4.79. The lowest BCUT2D eigenvalue weighted by Gasteiger charge is -2.32. The largest absolute Gasteiger partial charge is 0.508 e. The first-order valence-electron chi connectivity index (χ1n) is 11.7. The van der Waals surface area contributed by atoms with Gasteiger partial charge in [0, 0.05) is 37.4 Å². The number of carbonyl (C=O) groups excluding carboxylic acids is 1. The average Bonchev–Trinajstić information content (AvgIpc) is 2.86. The van der Waals surface area contributed by atoms with Crippen molar-refractivity contribution in [3.63, 3.8) is 0 Å². The summed E-state index contributed by atoms with van der Waals surface area (Å²) in [5, 5.41) is 21.7. The molecule has 0 bridgehead atoms. The summed E-state index contributed by atoms with van der Waals surface area (Å²) in [5.74, 6) is 0.669. The maximum atomic E-state index is 12.8. The highest BCUT2D eigenvalue weighted by atomic mass is 16.3. The van der Waals surface area contributed by atoms with E-state index >= 15 is 0 Å². The number of aromatic hydroxyl groups is 1. The van der Waals surface area contributed by atoms with Crippen molar-refractivity contribution in [1.29, 1.82) is 0 Å². The topological polar surface area (TPSA) is 94.5 Å². The fourth-order valence-electron chi connectivity index (χ4n) is 4.35. The molecule has 1 aromatic heterocycles. The highest BCUT2D eigenvalue weighted by molar-refractivity contribution is 5.94. The van der Waals surface area contributed by atoms with E-state index < -0.39 is 0 Å². The van der Waals surface area contributed by atoms with Gasteiger partial charge in [0.25, 0.3) is 5.91 Å². The lowest BCUT2D eigenvalue weighted by molar-refractivity contribution is 0.0664. The molecular formula is C27H28N6O2. The van der Waals surface area contributed by atoms with Crippen molar-refractivity contribution in [3.05, 3.63) is 71.3 Å². The highest BCUT2D eigenvalue weighted by Gasteiger charge is 2.20. The molecule has 1 amide bonds. The van der Waals surface area contributed by atoms with Crippen molar-refractivity contribution in [3.8, 4) is 16.9 Å². The van der Waals surface area contributed by atoms with E-state index in [0.717, 1.165) is 59.6 Å². The Hall–Kier alpha value is -4.04. The predicted octanol–water partition coefficient (Wildman–Crippen LogP) is 4.15. The van der Waals surface area contributed by atoms with Crippen LogP contribution in [0.25, 0.3) is 22.2 Å². The molecule has 5 rings (SSSR count). The number of nitrogens with one attached hydrogen (secondary N) is 1. The number of piperazine rings is 1. The number of rotatable bonds is 4. The first-order chi connectivity index (χ1) is 16.9. The number of benzene rings is 3. The van der Waals surface area contributed by atoms with E-state index in [1.807, 2.05) is 61.2 Å². The Balaban J connectivity index is 1.34. The molecule has 35 heavy (non-hydrogen) atoms. The standard InChI is InChI=1S/C27H28N6O2/c1-17-4-9-21(34)15-22(17)23-16-25-24(14-18(23)2)29-27(31-30-25)28-20-7-5-19(6-8-20)26(35)33-12-10-32(3)11-13-33/h4-9,14-16,34H,10-13H2,1-3H3,(H,28,29,31). The van der Waals surface area contributed by atoms with Crippen LogP contribution in [-0.4, -0.2) is 69.2 Å². The Kier molecular flexibility index (Phi) is 6.05. The summed E-state index contributed by atoms with van der Waals surface area (Å²) in [6, 6.07) is 16.6. The molecule has 1 aliphatic heterocycles. The SMILES string of the molecule is Cc1ccc(O)cc1-c1cc2nnc(Nc3ccc(C(=O)N4CCN(C)CC4)cc3)nc2cc1C. The fraction of sp³-hybridized carbons (Fsp3) is 0.259. The Morgan fingerprint density at radius 3 is 2.31 bits per heavy atom. The van der Waals surface area contributed by atoms with Gasteiger partial charge < -0.3 is 20.2 Å². The third-order valence-electron chi connectivity index (χ3n) is 6.49. The Morgan fingerprint density at radius 2 is 1.57 bits per heavy atom. The van der Waals surface area contributed by atoms with Gasteiger partial charge in [0.05, 0.1) is 5.52 Å². The van der Waals surface area contributed by atoms with Gasteiger partial charge in [0.1, 0.15) is 11.3 Å². The van der Waals surface area contributed by atoms with Gasteiger partial charge >= 0.3 is 0 Å². The molecule has 1 fully saturated rings. The lowest BCUT2D eigenvalue weighted by atomic mass is 9.96. The number of phenols is 1. The molecule has 2 heterocycles. The average molecular weight is 469 g/mol. The number of hydrogen-bond acceptors (Lipinski definition) is 7. The van der Waals surface area contributed by atoms with Crippen LogP contribution in [0.5, 0.6) is 5.75 Å². The van der Waals surface area contributed by atoms with Crippen molar-refractivity contribution >= 4 is 28.6 Å². The lowest BCUT2D eigenvalue weighted by Crippen LogP contribution is -2.47. The molecule has 8 heteroatoms. The molecule has 8 nitrogen and oxygen atoms in total. The first-order valence-corrected chi connectivity index (χ1v) is 11.7. The molecule has 178 valence electrons. The second-order valence-corrected chi connectivity index (χ2v) is 9.09. The van der Waals surface area contributed by atoms with Gasteiger partial charge in [-0.15, -0.1) is 10.2 Å². The van der Waals surface area contributed by atoms with E-state index in [0.29, 0.717) is 17.0 Å². The number of aromatic nitrogens is 3. The summed E-state index contributed by atoms with van der Waals surface area (Å²) in [5.41, 5.74) is 6.90. The minimum atomic E-state index is 0.0570. The molecule has 4 aromatic rings. The zero-order chi connectivity index (χ0) is 24.5. The molecule has 2 N–H and O–H groups in total. The number of likely N-dealkylation sites (N-methyl/N-ethyl adjacent to an activating group) is 1. The molecular weight excluding hydrogens is 440 g/mol. The summed E-state index contributed by atoms with van der Waals surface area (Å²) >= 11 is 0. The summed E-state index contributed by atoms with van der Waals surface area (Å²) < 4.78 is 0. The number of nitrogens with zero attached hydrogens (tertiary/aromatic N) is 5. The van der Waals surface area contributed by atoms with Gasteiger partial charge in [-0.05, 0) is 91.7 Å². The maximum absolute atomic E-state index is 12.8. The van der Waals surface area contributed by atoms with Crippen LogP contribution >= 0.6 is 0 Å². The number of anilines is 2. The number of hydrogen-bond donors (Lipinski definition) is 2. The van der Waals surface area contributed by atoms with Crippen LogP contribution in [0.2, 0.25) is 0 Å². The van der Waals surface area contributed by atoms with Crippen LogP contribution in [0.3, 0.4) is 0 Å². The fourth-order valence-corrected chi connectivity index (χ4v) is 4.35. The van der Waals surface area contributed by atoms with Gasteiger partial charge in [0.2, 0.25) is 5.95 Å². The normalized spacial score (nSPS) is 14.3. The van der Waals surface area contributed by atoms with Crippen LogP contribution in [-0.2, 0) is 0 Å². The van der Waals surface area contributed by atoms with Gasteiger partial charge in [-0.2, -0.15) is 0 Å². The van der Waals surface area contributed by atoms with Crippen molar-refractivity contribution in [2.24, 2.45) is 0 Å². The van der Waals surface area contributed by atoms with E-state index in [9.17, 15) is 9.90 Å². The van der Waals surface area contributed by atoms with E-state index in [4.69, 9.17) is 0 Å². The maximum Gasteiger partial charge on any atom is 0.253 e. The van der Waals surface area contributed by atoms with Crippen molar-refractivity contribution in [2.45, 2.75) is 13.8 Å². The van der Waals surface area contributed by atoms with Crippen molar-refractivity contribution in [2.75, 3.05) is 38.5 Å². The zero-order valence-corrected chi connectivity index (χ0v) is 20.1. The third-order valence-corrected chi connectivity index (χ3v) is 6.49. The Labute approximate surface area is 204 Å². The molecule has 3 aromatic carbocycles. The molecule has 0 aliphatic carbocycles. The molecule has 0 radical (unpaired) electrons. The summed E-state index contributed by atoms with van der Waals surface area (Å²) in [4.78, 5) is 21.5. The predicted molar refractivity (Wildman–Crippen MR) is 137 cm³/mol. The highest BCUT2D eigenvalue weighted by Crippen LogP contribution is 2.32. The van der Waals surface area contributed by atoms with E-state index in [-0.39, 0.29) is 11.7 Å². The minimum Gasteiger partial charge on any atom is -0.508 e. The molecule has 0 atom stereocenters. The molecule has 1 aliphatic rings. The van der Waals surface area contributed by atoms with Gasteiger partial charge in [-0.1, -0.05) is 6.07 Å². The van der Waals surface area contributed by atoms with Gasteiger partial charge in [-0.3, -0.25) is 4.79 Å². The van der Waals surface area contributed by atoms with Crippen LogP contribution in [0.4, 0.5) is 11.6 Å². The molecule has 0 unspecified atom stereocenters. The van der Waals surface area contributed by atoms with E-state index in [1.54, 1.807) is 12.1 Å². The summed E-state index contributed by atoms with van der Waals surface area (Å²) in [6.45, 7) is 7.32. The van der Waals surface area contributed by atoms with Crippen molar-refractivity contribution < 1.29 is 9.90 Å². The number of phenolic OH excluding ortho intramolecular Hbond substituents is 1. The quantitative estimate of drug-likeness (QED) is 0.465. The van der Waals surface area contributed by atoms with Crippen LogP contribution in [0, 0.1) is 13.8 Å². The smallest absolute Gasteiger partial charge is 0.253 e. The summed E-state index contributed by atoms with van der Waals surface area (Å²) in [6.07, 6.45) is 0. The monoisotopic (exact) mass is 468 g/mol. The van der Waals surface area contributed by atoms with Crippen molar-refractivity contribution in [1.82, 2.24) is 25.0 Å². The molecule has 0 spiro atoms. The minimum absolute atomic E-state index is 0.0570. The van der Waals surface area contributed by atoms with E-state index in [1.165, 1.54) is 0 Å². The molecule has 1 saturated heterocycles. The Bertz CT molecular complexity index is 1400. The van der Waals surface area contributed by atoms with Gasteiger partial charge in [-0.25, -0.2) is 4.98 Å².